The van der Waals surface area contributed by atoms with Gasteiger partial charge in [-0.1, -0.05) is 62.3 Å². The van der Waals surface area contributed by atoms with Crippen LogP contribution in [-0.4, -0.2) is 27.5 Å². The van der Waals surface area contributed by atoms with Gasteiger partial charge in [-0.3, -0.25) is 4.79 Å². The van der Waals surface area contributed by atoms with E-state index in [4.69, 9.17) is 4.52 Å². The van der Waals surface area contributed by atoms with Crippen LogP contribution in [-0.2, 0) is 17.8 Å². The Balaban J connectivity index is 1.43. The van der Waals surface area contributed by atoms with Gasteiger partial charge in [-0.15, -0.1) is 0 Å². The van der Waals surface area contributed by atoms with Crippen molar-refractivity contribution in [2.75, 3.05) is 6.54 Å². The van der Waals surface area contributed by atoms with E-state index in [-0.39, 0.29) is 11.8 Å². The van der Waals surface area contributed by atoms with E-state index >= 15 is 0 Å². The maximum absolute atomic E-state index is 12.5. The number of benzene rings is 2. The second-order valence-electron chi connectivity index (χ2n) is 8.08. The molecule has 5 nitrogen and oxygen atoms in total. The quantitative estimate of drug-likeness (QED) is 0.599. The summed E-state index contributed by atoms with van der Waals surface area (Å²) >= 11 is 0. The lowest BCUT2D eigenvalue weighted by molar-refractivity contribution is -0.128. The molecule has 0 radical (unpaired) electrons. The van der Waals surface area contributed by atoms with E-state index in [1.165, 1.54) is 11.1 Å². The van der Waals surface area contributed by atoms with Crippen LogP contribution < -0.4 is 0 Å². The van der Waals surface area contributed by atoms with Crippen molar-refractivity contribution >= 4 is 5.91 Å². The minimum Gasteiger partial charge on any atom is -0.338 e. The average Bonchev–Trinajstić information content (AvgIpc) is 3.36. The van der Waals surface area contributed by atoms with Crippen molar-refractivity contribution in [3.63, 3.8) is 0 Å². The van der Waals surface area contributed by atoms with E-state index in [0.29, 0.717) is 37.1 Å². The van der Waals surface area contributed by atoms with Gasteiger partial charge in [0.05, 0.1) is 0 Å². The topological polar surface area (TPSA) is 59.2 Å². The third kappa shape index (κ3) is 4.24. The van der Waals surface area contributed by atoms with Crippen LogP contribution in [0.15, 0.2) is 53.1 Å². The number of carbonyl (C=O) groups excluding carboxylic acids is 1. The summed E-state index contributed by atoms with van der Waals surface area (Å²) in [6.45, 7) is 7.73. The number of hydrogen-bond acceptors (Lipinski definition) is 4. The fraction of sp³-hybridized carbons (Fsp3) is 0.375. The molecule has 1 amide bonds. The number of nitrogens with zero attached hydrogens (tertiary/aromatic N) is 3. The molecule has 1 saturated heterocycles. The number of hydrogen-bond donors (Lipinski definition) is 0. The van der Waals surface area contributed by atoms with E-state index in [0.717, 1.165) is 17.5 Å². The molecule has 0 N–H and O–H groups in total. The van der Waals surface area contributed by atoms with Crippen LogP contribution in [0.3, 0.4) is 0 Å². The van der Waals surface area contributed by atoms with Gasteiger partial charge in [-0.25, -0.2) is 0 Å². The Morgan fingerprint density at radius 1 is 1.07 bits per heavy atom. The highest BCUT2D eigenvalue weighted by Crippen LogP contribution is 2.29. The Morgan fingerprint density at radius 2 is 1.76 bits per heavy atom. The van der Waals surface area contributed by atoms with Gasteiger partial charge in [0.15, 0.2) is 5.82 Å². The van der Waals surface area contributed by atoms with Crippen LogP contribution in [0.2, 0.25) is 0 Å². The van der Waals surface area contributed by atoms with E-state index in [1.54, 1.807) is 0 Å². The fourth-order valence-electron chi connectivity index (χ4n) is 3.73. The second-order valence-corrected chi connectivity index (χ2v) is 8.08. The first-order valence-corrected chi connectivity index (χ1v) is 10.3. The fourth-order valence-corrected chi connectivity index (χ4v) is 3.73. The average molecular weight is 389 g/mol. The lowest BCUT2D eigenvalue weighted by Crippen LogP contribution is -2.24. The number of rotatable bonds is 6. The number of amides is 1. The molecular weight excluding hydrogens is 362 g/mol. The largest absolute Gasteiger partial charge is 0.338 e. The molecular formula is C24H27N3O2. The minimum atomic E-state index is -0.0233. The third-order valence-electron chi connectivity index (χ3n) is 5.65. The number of likely N-dealkylation sites (tertiary alicyclic amines) is 1. The van der Waals surface area contributed by atoms with Crippen LogP contribution in [0.4, 0.5) is 0 Å². The Labute approximate surface area is 171 Å². The SMILES string of the molecule is CCc1ccc(-c2nc(C3CC(=O)N(Cc4ccc(C(C)C)cc4)C3)no2)cc1. The van der Waals surface area contributed by atoms with E-state index in [9.17, 15) is 4.79 Å². The van der Waals surface area contributed by atoms with Crippen molar-refractivity contribution in [1.29, 1.82) is 0 Å². The normalized spacial score (nSPS) is 16.8. The minimum absolute atomic E-state index is 0.0233. The van der Waals surface area contributed by atoms with Gasteiger partial charge in [0, 0.05) is 31.0 Å². The van der Waals surface area contributed by atoms with Crippen LogP contribution in [0, 0.1) is 0 Å². The molecule has 3 aromatic rings. The highest BCUT2D eigenvalue weighted by molar-refractivity contribution is 5.79. The summed E-state index contributed by atoms with van der Waals surface area (Å²) in [4.78, 5) is 19.0. The van der Waals surface area contributed by atoms with Crippen molar-refractivity contribution in [3.8, 4) is 11.5 Å². The molecule has 1 unspecified atom stereocenters. The zero-order chi connectivity index (χ0) is 20.4. The summed E-state index contributed by atoms with van der Waals surface area (Å²) in [7, 11) is 0. The summed E-state index contributed by atoms with van der Waals surface area (Å²) in [5, 5.41) is 4.16. The van der Waals surface area contributed by atoms with Crippen molar-refractivity contribution in [2.24, 2.45) is 0 Å². The zero-order valence-corrected chi connectivity index (χ0v) is 17.3. The van der Waals surface area contributed by atoms with E-state index in [2.05, 4.69) is 67.3 Å². The van der Waals surface area contributed by atoms with Crippen LogP contribution >= 0.6 is 0 Å². The lowest BCUT2D eigenvalue weighted by atomic mass is 10.0. The first-order valence-electron chi connectivity index (χ1n) is 10.3. The van der Waals surface area contributed by atoms with Gasteiger partial charge >= 0.3 is 0 Å². The predicted molar refractivity (Wildman–Crippen MR) is 112 cm³/mol. The maximum atomic E-state index is 12.5. The molecule has 1 aliphatic heterocycles. The molecule has 150 valence electrons. The van der Waals surface area contributed by atoms with Gasteiger partial charge < -0.3 is 9.42 Å². The highest BCUT2D eigenvalue weighted by atomic mass is 16.5. The van der Waals surface area contributed by atoms with Gasteiger partial charge in [0.1, 0.15) is 0 Å². The Morgan fingerprint density at radius 3 is 2.41 bits per heavy atom. The summed E-state index contributed by atoms with van der Waals surface area (Å²) in [6, 6.07) is 16.7. The smallest absolute Gasteiger partial charge is 0.257 e. The Hall–Kier alpha value is -2.95. The van der Waals surface area contributed by atoms with Gasteiger partial charge in [-0.05, 0) is 41.2 Å². The molecule has 1 aliphatic rings. The monoisotopic (exact) mass is 389 g/mol. The van der Waals surface area contributed by atoms with Crippen molar-refractivity contribution in [3.05, 3.63) is 71.0 Å². The summed E-state index contributed by atoms with van der Waals surface area (Å²) in [6.07, 6.45) is 1.42. The molecule has 2 heterocycles. The molecule has 1 atom stereocenters. The summed E-state index contributed by atoms with van der Waals surface area (Å²) in [5.41, 5.74) is 4.64. The van der Waals surface area contributed by atoms with Crippen LogP contribution in [0.25, 0.3) is 11.5 Å². The van der Waals surface area contributed by atoms with Crippen molar-refractivity contribution < 1.29 is 9.32 Å². The molecule has 5 heteroatoms. The summed E-state index contributed by atoms with van der Waals surface area (Å²) in [5.74, 6) is 1.75. The molecule has 0 bridgehead atoms. The van der Waals surface area contributed by atoms with Crippen molar-refractivity contribution in [1.82, 2.24) is 15.0 Å². The first kappa shape index (κ1) is 19.4. The zero-order valence-electron chi connectivity index (χ0n) is 17.3. The van der Waals surface area contributed by atoms with Crippen molar-refractivity contribution in [2.45, 2.75) is 52.0 Å². The van der Waals surface area contributed by atoms with Gasteiger partial charge in [-0.2, -0.15) is 4.98 Å². The molecule has 1 fully saturated rings. The molecule has 0 aliphatic carbocycles. The predicted octanol–water partition coefficient (Wildman–Crippen LogP) is 4.94. The van der Waals surface area contributed by atoms with Crippen LogP contribution in [0.1, 0.15) is 61.5 Å². The Kier molecular flexibility index (Phi) is 5.47. The molecule has 4 rings (SSSR count). The highest BCUT2D eigenvalue weighted by Gasteiger charge is 2.33. The van der Waals surface area contributed by atoms with Gasteiger partial charge in [0.2, 0.25) is 5.91 Å². The lowest BCUT2D eigenvalue weighted by Gasteiger charge is -2.16. The number of aryl methyl sites for hydroxylation is 1. The summed E-state index contributed by atoms with van der Waals surface area (Å²) < 4.78 is 5.47. The first-order chi connectivity index (χ1) is 14.0. The maximum Gasteiger partial charge on any atom is 0.257 e. The molecule has 0 saturated carbocycles. The number of aromatic nitrogens is 2. The van der Waals surface area contributed by atoms with Gasteiger partial charge in [0.25, 0.3) is 5.89 Å². The number of carbonyl (C=O) groups is 1. The molecule has 2 aromatic carbocycles. The standard InChI is InChI=1S/C24H27N3O2/c1-4-17-5-11-20(12-6-17)24-25-23(26-29-24)21-13-22(28)27(15-21)14-18-7-9-19(10-8-18)16(2)3/h5-12,16,21H,4,13-15H2,1-3H3. The molecule has 0 spiro atoms. The Bertz CT molecular complexity index is 974. The molecule has 29 heavy (non-hydrogen) atoms. The molecule has 1 aromatic heterocycles. The second kappa shape index (κ2) is 8.19. The third-order valence-corrected chi connectivity index (χ3v) is 5.65. The van der Waals surface area contributed by atoms with Crippen LogP contribution in [0.5, 0.6) is 0 Å². The van der Waals surface area contributed by atoms with E-state index in [1.807, 2.05) is 17.0 Å². The van der Waals surface area contributed by atoms with E-state index < -0.39 is 0 Å².